The lowest BCUT2D eigenvalue weighted by atomic mass is 10.1. The summed E-state index contributed by atoms with van der Waals surface area (Å²) in [5.41, 5.74) is 7.27. The summed E-state index contributed by atoms with van der Waals surface area (Å²) < 4.78 is 13.2. The van der Waals surface area contributed by atoms with Crippen LogP contribution in [0.15, 0.2) is 41.0 Å². The minimum Gasteiger partial charge on any atom is -0.369 e. The molecule has 2 N–H and O–H groups in total. The third kappa shape index (κ3) is 3.20. The molecule has 2 aromatic heterocycles. The maximum absolute atomic E-state index is 13.2. The van der Waals surface area contributed by atoms with Crippen LogP contribution in [0.3, 0.4) is 0 Å². The van der Waals surface area contributed by atoms with Crippen molar-refractivity contribution >= 4 is 39.2 Å². The molecule has 0 fully saturated rings. The number of hydrogen-bond acceptors (Lipinski definition) is 5. The Morgan fingerprint density at radius 3 is 2.74 bits per heavy atom. The predicted octanol–water partition coefficient (Wildman–Crippen LogP) is 3.85. The topological polar surface area (TPSA) is 68.9 Å². The van der Waals surface area contributed by atoms with Crippen molar-refractivity contribution in [2.45, 2.75) is 23.6 Å². The van der Waals surface area contributed by atoms with Gasteiger partial charge in [-0.05, 0) is 24.1 Å². The number of carbonyl (C=O) groups excluding carboxylic acids is 1. The molecule has 3 rings (SSSR count). The van der Waals surface area contributed by atoms with Gasteiger partial charge in [0.25, 0.3) is 0 Å². The van der Waals surface area contributed by atoms with Gasteiger partial charge in [0.1, 0.15) is 22.0 Å². The molecule has 0 saturated carbocycles. The predicted molar refractivity (Wildman–Crippen MR) is 91.9 cm³/mol. The summed E-state index contributed by atoms with van der Waals surface area (Å²) in [5, 5.41) is 3.24. The highest BCUT2D eigenvalue weighted by Gasteiger charge is 2.20. The molecule has 1 aromatic carbocycles. The molecule has 0 aliphatic rings. The Hall–Kier alpha value is -1.99. The van der Waals surface area contributed by atoms with Crippen LogP contribution in [-0.2, 0) is 4.79 Å². The molecule has 1 atom stereocenters. The standard InChI is InChI=1S/C16H14FN3OS2/c1-2-12(14(18)21)23-16-13-11(7-22-15(13)19-8-20-16)9-3-5-10(17)6-4-9/h3-8,12H,2H2,1H3,(H2,18,21). The lowest BCUT2D eigenvalue weighted by Gasteiger charge is -2.11. The molecule has 1 unspecified atom stereocenters. The largest absolute Gasteiger partial charge is 0.369 e. The van der Waals surface area contributed by atoms with Crippen LogP contribution in [-0.4, -0.2) is 21.1 Å². The Bertz CT molecular complexity index is 848. The molecule has 0 aliphatic heterocycles. The van der Waals surface area contributed by atoms with Gasteiger partial charge in [-0.25, -0.2) is 14.4 Å². The Morgan fingerprint density at radius 1 is 1.35 bits per heavy atom. The molecule has 3 aromatic rings. The number of aromatic nitrogens is 2. The second kappa shape index (κ2) is 6.64. The third-order valence-electron chi connectivity index (χ3n) is 3.43. The summed E-state index contributed by atoms with van der Waals surface area (Å²) in [7, 11) is 0. The van der Waals surface area contributed by atoms with Crippen LogP contribution < -0.4 is 5.73 Å². The summed E-state index contributed by atoms with van der Waals surface area (Å²) in [6.07, 6.45) is 2.12. The van der Waals surface area contributed by atoms with E-state index in [0.29, 0.717) is 6.42 Å². The Morgan fingerprint density at radius 2 is 2.09 bits per heavy atom. The molecule has 0 saturated heterocycles. The van der Waals surface area contributed by atoms with Gasteiger partial charge in [0.15, 0.2) is 0 Å². The van der Waals surface area contributed by atoms with E-state index in [1.54, 1.807) is 12.1 Å². The highest BCUT2D eigenvalue weighted by Crippen LogP contribution is 2.39. The van der Waals surface area contributed by atoms with Gasteiger partial charge in [0.05, 0.1) is 10.6 Å². The Labute approximate surface area is 140 Å². The SMILES string of the molecule is CCC(Sc1ncnc2scc(-c3ccc(F)cc3)c12)C(N)=O. The van der Waals surface area contributed by atoms with E-state index in [0.717, 1.165) is 26.4 Å². The number of thiophene rings is 1. The minimum absolute atomic E-state index is 0.279. The van der Waals surface area contributed by atoms with E-state index in [2.05, 4.69) is 9.97 Å². The van der Waals surface area contributed by atoms with Gasteiger partial charge in [-0.2, -0.15) is 0 Å². The van der Waals surface area contributed by atoms with Crippen LogP contribution in [0.4, 0.5) is 4.39 Å². The number of rotatable bonds is 5. The van der Waals surface area contributed by atoms with E-state index in [9.17, 15) is 9.18 Å². The fraction of sp³-hybridized carbons (Fsp3) is 0.188. The minimum atomic E-state index is -0.358. The van der Waals surface area contributed by atoms with Gasteiger partial charge in [0.2, 0.25) is 5.91 Å². The van der Waals surface area contributed by atoms with Crippen LogP contribution in [0, 0.1) is 5.82 Å². The highest BCUT2D eigenvalue weighted by atomic mass is 32.2. The van der Waals surface area contributed by atoms with Crippen molar-refractivity contribution in [3.05, 3.63) is 41.8 Å². The summed E-state index contributed by atoms with van der Waals surface area (Å²) in [6, 6.07) is 6.30. The van der Waals surface area contributed by atoms with E-state index < -0.39 is 0 Å². The van der Waals surface area contributed by atoms with Crippen LogP contribution in [0.1, 0.15) is 13.3 Å². The molecule has 2 heterocycles. The smallest absolute Gasteiger partial charge is 0.230 e. The van der Waals surface area contributed by atoms with Crippen LogP contribution >= 0.6 is 23.1 Å². The fourth-order valence-electron chi connectivity index (χ4n) is 2.26. The molecule has 7 heteroatoms. The number of fused-ring (bicyclic) bond motifs is 1. The first kappa shape index (κ1) is 15.9. The van der Waals surface area contributed by atoms with Crippen LogP contribution in [0.5, 0.6) is 0 Å². The molecular weight excluding hydrogens is 333 g/mol. The van der Waals surface area contributed by atoms with Gasteiger partial charge in [-0.1, -0.05) is 30.8 Å². The van der Waals surface area contributed by atoms with Crippen LogP contribution in [0.2, 0.25) is 0 Å². The van der Waals surface area contributed by atoms with Crippen molar-refractivity contribution in [2.75, 3.05) is 0 Å². The summed E-state index contributed by atoms with van der Waals surface area (Å²) in [6.45, 7) is 1.91. The number of amides is 1. The normalized spacial score (nSPS) is 12.4. The van der Waals surface area contributed by atoms with Gasteiger partial charge in [-0.15, -0.1) is 11.3 Å². The van der Waals surface area contributed by atoms with Crippen molar-refractivity contribution < 1.29 is 9.18 Å². The number of carbonyl (C=O) groups is 1. The molecule has 0 radical (unpaired) electrons. The quantitative estimate of drug-likeness (QED) is 0.562. The third-order valence-corrected chi connectivity index (χ3v) is 5.70. The molecule has 118 valence electrons. The summed E-state index contributed by atoms with van der Waals surface area (Å²) >= 11 is 2.85. The van der Waals surface area contributed by atoms with Crippen molar-refractivity contribution in [1.82, 2.24) is 9.97 Å². The van der Waals surface area contributed by atoms with Crippen LogP contribution in [0.25, 0.3) is 21.3 Å². The average molecular weight is 347 g/mol. The number of nitrogens with zero attached hydrogens (tertiary/aromatic N) is 2. The number of benzene rings is 1. The van der Waals surface area contributed by atoms with E-state index >= 15 is 0 Å². The van der Waals surface area contributed by atoms with E-state index in [1.807, 2.05) is 12.3 Å². The maximum atomic E-state index is 13.2. The van der Waals surface area contributed by atoms with Crippen molar-refractivity contribution in [3.63, 3.8) is 0 Å². The van der Waals surface area contributed by atoms with Gasteiger partial charge < -0.3 is 5.73 Å². The maximum Gasteiger partial charge on any atom is 0.230 e. The lowest BCUT2D eigenvalue weighted by Crippen LogP contribution is -2.24. The first-order valence-corrected chi connectivity index (χ1v) is 8.80. The fourth-order valence-corrected chi connectivity index (χ4v) is 4.22. The zero-order valence-electron chi connectivity index (χ0n) is 12.3. The summed E-state index contributed by atoms with van der Waals surface area (Å²) in [5.74, 6) is -0.637. The number of halogens is 1. The van der Waals surface area contributed by atoms with Crippen molar-refractivity contribution in [1.29, 1.82) is 0 Å². The van der Waals surface area contributed by atoms with Gasteiger partial charge in [0, 0.05) is 10.9 Å². The Balaban J connectivity index is 2.10. The van der Waals surface area contributed by atoms with E-state index in [-0.39, 0.29) is 17.0 Å². The number of primary amides is 1. The Kier molecular flexibility index (Phi) is 4.58. The zero-order chi connectivity index (χ0) is 16.4. The monoisotopic (exact) mass is 347 g/mol. The molecular formula is C16H14FN3OS2. The molecule has 1 amide bonds. The molecule has 0 aliphatic carbocycles. The van der Waals surface area contributed by atoms with Crippen molar-refractivity contribution in [3.8, 4) is 11.1 Å². The molecule has 0 spiro atoms. The van der Waals surface area contributed by atoms with Gasteiger partial charge >= 0.3 is 0 Å². The first-order valence-electron chi connectivity index (χ1n) is 7.04. The second-order valence-electron chi connectivity index (χ2n) is 4.93. The lowest BCUT2D eigenvalue weighted by molar-refractivity contribution is -0.117. The molecule has 4 nitrogen and oxygen atoms in total. The molecule has 23 heavy (non-hydrogen) atoms. The van der Waals surface area contributed by atoms with E-state index in [1.165, 1.54) is 41.6 Å². The highest BCUT2D eigenvalue weighted by molar-refractivity contribution is 8.00. The summed E-state index contributed by atoms with van der Waals surface area (Å²) in [4.78, 5) is 21.0. The zero-order valence-corrected chi connectivity index (χ0v) is 14.0. The van der Waals surface area contributed by atoms with Gasteiger partial charge in [-0.3, -0.25) is 4.79 Å². The molecule has 0 bridgehead atoms. The van der Waals surface area contributed by atoms with Crippen molar-refractivity contribution in [2.24, 2.45) is 5.73 Å². The number of hydrogen-bond donors (Lipinski definition) is 1. The average Bonchev–Trinajstić information content (AvgIpc) is 2.98. The first-order chi connectivity index (χ1) is 11.1. The number of nitrogens with two attached hydrogens (primary N) is 1. The second-order valence-corrected chi connectivity index (χ2v) is 6.98. The number of thioether (sulfide) groups is 1. The van der Waals surface area contributed by atoms with E-state index in [4.69, 9.17) is 5.73 Å².